The summed E-state index contributed by atoms with van der Waals surface area (Å²) < 4.78 is 12.6. The number of hydrogen-bond donors (Lipinski definition) is 2. The number of rotatable bonds is 6. The highest BCUT2D eigenvalue weighted by Gasteiger charge is 2.22. The number of benzene rings is 1. The second-order valence-electron chi connectivity index (χ2n) is 10.2. The first-order valence-corrected chi connectivity index (χ1v) is 11.3. The number of carbonyl (C=O) groups is 1. The maximum absolute atomic E-state index is 12.7. The van der Waals surface area contributed by atoms with E-state index in [0.29, 0.717) is 52.8 Å². The summed E-state index contributed by atoms with van der Waals surface area (Å²) in [6.07, 6.45) is 2.55. The Labute approximate surface area is 197 Å². The molecule has 0 saturated heterocycles. The summed E-state index contributed by atoms with van der Waals surface area (Å²) in [7, 11) is 0. The fraction of sp³-hybridized carbons (Fsp3) is 0.458. The van der Waals surface area contributed by atoms with E-state index in [0.717, 1.165) is 11.1 Å². The van der Waals surface area contributed by atoms with E-state index >= 15 is 0 Å². The molecule has 3 aromatic rings. The van der Waals surface area contributed by atoms with Crippen LogP contribution in [-0.4, -0.2) is 38.2 Å². The lowest BCUT2D eigenvalue weighted by atomic mass is 9.92. The molecular formula is C24H29ClN4O4. The Morgan fingerprint density at radius 3 is 2.55 bits per heavy atom. The van der Waals surface area contributed by atoms with E-state index in [1.165, 1.54) is 0 Å². The summed E-state index contributed by atoms with van der Waals surface area (Å²) >= 11 is 6.51. The average Bonchev–Trinajstić information content (AvgIpc) is 3.27. The van der Waals surface area contributed by atoms with Gasteiger partial charge in [0.05, 0.1) is 16.0 Å². The molecule has 0 spiro atoms. The number of nitrogens with one attached hydrogen (secondary N) is 1. The first kappa shape index (κ1) is 23.3. The van der Waals surface area contributed by atoms with Crippen molar-refractivity contribution in [1.82, 2.24) is 14.8 Å². The van der Waals surface area contributed by atoms with E-state index in [-0.39, 0.29) is 18.1 Å². The van der Waals surface area contributed by atoms with E-state index in [1.807, 2.05) is 32.9 Å². The number of hydrogen-bond acceptors (Lipinski definition) is 6. The molecule has 1 amide bonds. The van der Waals surface area contributed by atoms with E-state index in [4.69, 9.17) is 21.1 Å². The summed E-state index contributed by atoms with van der Waals surface area (Å²) in [4.78, 5) is 17.3. The van der Waals surface area contributed by atoms with Gasteiger partial charge in [0, 0.05) is 36.4 Å². The van der Waals surface area contributed by atoms with Crippen molar-refractivity contribution in [1.29, 1.82) is 0 Å². The minimum atomic E-state index is -0.853. The minimum absolute atomic E-state index is 0.122. The molecule has 8 nitrogen and oxygen atoms in total. The number of carbonyl (C=O) groups excluding carboxylic acids is 1. The minimum Gasteiger partial charge on any atom is -0.454 e. The highest BCUT2D eigenvalue weighted by atomic mass is 35.5. The molecule has 1 aliphatic heterocycles. The SMILES string of the molecule is CC(C)(C)CC(=O)Nc1nn(CCC(C)(C)O)c2ncc(-c3cc4c(cc3Cl)OCO4)cc12. The summed E-state index contributed by atoms with van der Waals surface area (Å²) in [6.45, 7) is 10.1. The molecule has 4 rings (SSSR count). The van der Waals surface area contributed by atoms with Gasteiger partial charge in [-0.05, 0) is 37.8 Å². The van der Waals surface area contributed by atoms with Crippen molar-refractivity contribution >= 4 is 34.4 Å². The number of fused-ring (bicyclic) bond motifs is 2. The second-order valence-corrected chi connectivity index (χ2v) is 10.6. The van der Waals surface area contributed by atoms with Crippen LogP contribution >= 0.6 is 11.6 Å². The molecule has 1 aliphatic rings. The number of anilines is 1. The molecule has 1 aromatic carbocycles. The third kappa shape index (κ3) is 5.39. The lowest BCUT2D eigenvalue weighted by molar-refractivity contribution is -0.117. The number of nitrogens with zero attached hydrogens (tertiary/aromatic N) is 3. The number of amides is 1. The van der Waals surface area contributed by atoms with Crippen molar-refractivity contribution < 1.29 is 19.4 Å². The Kier molecular flexibility index (Phi) is 6.01. The van der Waals surface area contributed by atoms with E-state index in [9.17, 15) is 9.90 Å². The van der Waals surface area contributed by atoms with Crippen LogP contribution in [0.15, 0.2) is 24.4 Å². The summed E-state index contributed by atoms with van der Waals surface area (Å²) in [6, 6.07) is 5.46. The highest BCUT2D eigenvalue weighted by Crippen LogP contribution is 2.41. The number of aromatic nitrogens is 3. The number of halogens is 1. The van der Waals surface area contributed by atoms with E-state index < -0.39 is 5.60 Å². The average molecular weight is 473 g/mol. The van der Waals surface area contributed by atoms with Gasteiger partial charge in [0.15, 0.2) is 23.0 Å². The van der Waals surface area contributed by atoms with Crippen LogP contribution in [0, 0.1) is 5.41 Å². The first-order chi connectivity index (χ1) is 15.4. The largest absolute Gasteiger partial charge is 0.454 e. The molecule has 176 valence electrons. The molecule has 9 heteroatoms. The normalized spacial score (nSPS) is 13.5. The van der Waals surface area contributed by atoms with Gasteiger partial charge < -0.3 is 19.9 Å². The standard InChI is InChI=1S/C24H29ClN4O4/c1-23(2,3)11-20(30)27-21-16-8-14(15-9-18-19(10-17(15)25)33-13-32-18)12-26-22(16)29(28-21)7-6-24(4,5)31/h8-10,12,31H,6-7,11,13H2,1-5H3,(H,27,28,30). The number of pyridine rings is 1. The Hall–Kier alpha value is -2.84. The van der Waals surface area contributed by atoms with Crippen LogP contribution in [0.25, 0.3) is 22.2 Å². The van der Waals surface area contributed by atoms with E-state index in [1.54, 1.807) is 30.8 Å². The Morgan fingerprint density at radius 2 is 1.88 bits per heavy atom. The zero-order valence-corrected chi connectivity index (χ0v) is 20.3. The van der Waals surface area contributed by atoms with Crippen molar-refractivity contribution in [3.8, 4) is 22.6 Å². The molecule has 2 N–H and O–H groups in total. The van der Waals surface area contributed by atoms with Crippen LogP contribution in [0.3, 0.4) is 0 Å². The third-order valence-electron chi connectivity index (χ3n) is 5.24. The monoisotopic (exact) mass is 472 g/mol. The second kappa shape index (κ2) is 8.50. The lowest BCUT2D eigenvalue weighted by Gasteiger charge is -2.17. The van der Waals surface area contributed by atoms with Crippen LogP contribution < -0.4 is 14.8 Å². The van der Waals surface area contributed by atoms with Gasteiger partial charge in [-0.2, -0.15) is 5.10 Å². The van der Waals surface area contributed by atoms with Gasteiger partial charge in [-0.15, -0.1) is 0 Å². The molecule has 33 heavy (non-hydrogen) atoms. The smallest absolute Gasteiger partial charge is 0.231 e. The highest BCUT2D eigenvalue weighted by molar-refractivity contribution is 6.33. The summed E-state index contributed by atoms with van der Waals surface area (Å²) in [5.41, 5.74) is 1.11. The molecule has 0 fully saturated rings. The van der Waals surface area contributed by atoms with Crippen molar-refractivity contribution in [3.63, 3.8) is 0 Å². The van der Waals surface area contributed by atoms with Crippen LogP contribution in [0.1, 0.15) is 47.5 Å². The van der Waals surface area contributed by atoms with Gasteiger partial charge in [-0.1, -0.05) is 32.4 Å². The molecule has 0 radical (unpaired) electrons. The van der Waals surface area contributed by atoms with Gasteiger partial charge in [-0.3, -0.25) is 4.79 Å². The molecule has 2 aromatic heterocycles. The number of aliphatic hydroxyl groups is 1. The van der Waals surface area contributed by atoms with Gasteiger partial charge in [-0.25, -0.2) is 9.67 Å². The molecule has 0 bridgehead atoms. The Morgan fingerprint density at radius 1 is 1.18 bits per heavy atom. The Balaban J connectivity index is 1.75. The zero-order chi connectivity index (χ0) is 24.0. The van der Waals surface area contributed by atoms with Crippen molar-refractivity contribution in [2.75, 3.05) is 12.1 Å². The van der Waals surface area contributed by atoms with E-state index in [2.05, 4.69) is 15.4 Å². The van der Waals surface area contributed by atoms with Crippen molar-refractivity contribution in [3.05, 3.63) is 29.4 Å². The zero-order valence-electron chi connectivity index (χ0n) is 19.5. The fourth-order valence-corrected chi connectivity index (χ4v) is 3.89. The van der Waals surface area contributed by atoms with Gasteiger partial charge in [0.2, 0.25) is 12.7 Å². The topological polar surface area (TPSA) is 98.5 Å². The lowest BCUT2D eigenvalue weighted by Crippen LogP contribution is -2.22. The van der Waals surface area contributed by atoms with Crippen molar-refractivity contribution in [2.24, 2.45) is 5.41 Å². The fourth-order valence-electron chi connectivity index (χ4n) is 3.63. The van der Waals surface area contributed by atoms with Crippen LogP contribution in [0.4, 0.5) is 5.82 Å². The molecule has 3 heterocycles. The maximum Gasteiger partial charge on any atom is 0.231 e. The number of ether oxygens (including phenoxy) is 2. The van der Waals surface area contributed by atoms with Gasteiger partial charge >= 0.3 is 0 Å². The van der Waals surface area contributed by atoms with Crippen molar-refractivity contribution in [2.45, 2.75) is 59.6 Å². The first-order valence-electron chi connectivity index (χ1n) is 10.9. The Bertz CT molecular complexity index is 1210. The molecule has 0 atom stereocenters. The predicted molar refractivity (Wildman–Crippen MR) is 128 cm³/mol. The quantitative estimate of drug-likeness (QED) is 0.523. The van der Waals surface area contributed by atoms with Gasteiger partial charge in [0.1, 0.15) is 0 Å². The van der Waals surface area contributed by atoms with Crippen LogP contribution in [0.5, 0.6) is 11.5 Å². The van der Waals surface area contributed by atoms with Crippen LogP contribution in [0.2, 0.25) is 5.02 Å². The summed E-state index contributed by atoms with van der Waals surface area (Å²) in [5.74, 6) is 1.53. The molecule has 0 unspecified atom stereocenters. The predicted octanol–water partition coefficient (Wildman–Crippen LogP) is 5.02. The molecule has 0 saturated carbocycles. The number of aryl methyl sites for hydroxylation is 1. The summed E-state index contributed by atoms with van der Waals surface area (Å²) in [5, 5.41) is 18.9. The molecule has 0 aliphatic carbocycles. The van der Waals surface area contributed by atoms with Crippen LogP contribution in [-0.2, 0) is 11.3 Å². The maximum atomic E-state index is 12.7. The third-order valence-corrected chi connectivity index (χ3v) is 5.56. The molecular weight excluding hydrogens is 444 g/mol. The van der Waals surface area contributed by atoms with Gasteiger partial charge in [0.25, 0.3) is 0 Å².